The van der Waals surface area contributed by atoms with Crippen molar-refractivity contribution in [3.63, 3.8) is 0 Å². The topological polar surface area (TPSA) is 39.4 Å². The van der Waals surface area contributed by atoms with Crippen LogP contribution in [0.4, 0.5) is 4.39 Å². The molecule has 0 radical (unpaired) electrons. The van der Waals surface area contributed by atoms with Crippen molar-refractivity contribution >= 4 is 17.0 Å². The molecule has 4 rings (SSSR count). The van der Waals surface area contributed by atoms with Gasteiger partial charge in [0.05, 0.1) is 28.4 Å². The van der Waals surface area contributed by atoms with Crippen LogP contribution in [0, 0.1) is 5.82 Å². The molecule has 0 spiro atoms. The summed E-state index contributed by atoms with van der Waals surface area (Å²) in [7, 11) is 1.63. The average molecular weight is 339 g/mol. The molecule has 4 aromatic rings. The number of nitrogens with zero attached hydrogens (tertiary/aromatic N) is 3. The Hall–Kier alpha value is -2.57. The molecule has 0 N–H and O–H groups in total. The van der Waals surface area contributed by atoms with Gasteiger partial charge in [0.1, 0.15) is 5.82 Å². The van der Waals surface area contributed by atoms with Crippen LogP contribution in [0.1, 0.15) is 5.69 Å². The van der Waals surface area contributed by atoms with E-state index in [-0.39, 0.29) is 5.82 Å². The number of hydrogen-bond acceptors (Lipinski definition) is 4. The fraction of sp³-hybridized carbons (Fsp3) is 0.111. The first-order valence-corrected chi connectivity index (χ1v) is 8.31. The van der Waals surface area contributed by atoms with Crippen LogP contribution < -0.4 is 0 Å². The lowest BCUT2D eigenvalue weighted by Gasteiger charge is -2.03. The van der Waals surface area contributed by atoms with E-state index < -0.39 is 0 Å². The van der Waals surface area contributed by atoms with Crippen LogP contribution in [-0.4, -0.2) is 21.7 Å². The van der Waals surface area contributed by atoms with Gasteiger partial charge < -0.3 is 4.74 Å². The third kappa shape index (κ3) is 2.50. The molecule has 24 heavy (non-hydrogen) atoms. The largest absolute Gasteiger partial charge is 0.378 e. The smallest absolute Gasteiger partial charge is 0.163 e. The minimum Gasteiger partial charge on any atom is -0.378 e. The maximum absolute atomic E-state index is 13.3. The molecule has 120 valence electrons. The van der Waals surface area contributed by atoms with E-state index in [0.717, 1.165) is 33.0 Å². The van der Waals surface area contributed by atoms with Gasteiger partial charge in [-0.2, -0.15) is 5.10 Å². The number of benzene rings is 1. The van der Waals surface area contributed by atoms with Gasteiger partial charge in [-0.3, -0.25) is 0 Å². The van der Waals surface area contributed by atoms with Gasteiger partial charge in [0.25, 0.3) is 0 Å². The van der Waals surface area contributed by atoms with Crippen LogP contribution in [0.5, 0.6) is 0 Å². The summed E-state index contributed by atoms with van der Waals surface area (Å²) in [6.45, 7) is 0.361. The van der Waals surface area contributed by atoms with Gasteiger partial charge in [-0.15, -0.1) is 11.3 Å². The summed E-state index contributed by atoms with van der Waals surface area (Å²) in [5.41, 5.74) is 4.23. The molecule has 3 aromatic heterocycles. The lowest BCUT2D eigenvalue weighted by molar-refractivity contribution is 0.181. The van der Waals surface area contributed by atoms with Crippen LogP contribution in [-0.2, 0) is 11.3 Å². The number of hydrogen-bond donors (Lipinski definition) is 0. The fourth-order valence-electron chi connectivity index (χ4n) is 2.75. The number of thiophene rings is 1. The first-order chi connectivity index (χ1) is 11.8. The van der Waals surface area contributed by atoms with Crippen LogP contribution in [0.15, 0.2) is 54.0 Å². The Labute approximate surface area is 142 Å². The van der Waals surface area contributed by atoms with Crippen molar-refractivity contribution in [2.75, 3.05) is 7.11 Å². The van der Waals surface area contributed by atoms with Gasteiger partial charge in [-0.1, -0.05) is 18.2 Å². The van der Waals surface area contributed by atoms with E-state index in [9.17, 15) is 4.39 Å². The molecule has 0 aliphatic carbocycles. The van der Waals surface area contributed by atoms with Crippen LogP contribution in [0.25, 0.3) is 27.3 Å². The molecular formula is C18H14FN3OS. The molecule has 1 aromatic carbocycles. The van der Waals surface area contributed by atoms with Gasteiger partial charge in [-0.25, -0.2) is 13.9 Å². The van der Waals surface area contributed by atoms with Crippen molar-refractivity contribution < 1.29 is 9.13 Å². The predicted molar refractivity (Wildman–Crippen MR) is 92.4 cm³/mol. The van der Waals surface area contributed by atoms with E-state index in [4.69, 9.17) is 9.84 Å². The third-order valence-electron chi connectivity index (χ3n) is 3.78. The SMILES string of the molecule is COCc1nn2c(-c3cccs3)ccnc2c1-c1ccc(F)cc1. The zero-order valence-electron chi connectivity index (χ0n) is 12.9. The molecular weight excluding hydrogens is 325 g/mol. The third-order valence-corrected chi connectivity index (χ3v) is 4.67. The van der Waals surface area contributed by atoms with E-state index in [1.54, 1.807) is 36.8 Å². The molecule has 4 nitrogen and oxygen atoms in total. The normalized spacial score (nSPS) is 11.2. The van der Waals surface area contributed by atoms with E-state index in [0.29, 0.717) is 6.61 Å². The van der Waals surface area contributed by atoms with E-state index in [1.807, 2.05) is 22.0 Å². The Morgan fingerprint density at radius 1 is 1.17 bits per heavy atom. The highest BCUT2D eigenvalue weighted by molar-refractivity contribution is 7.13. The van der Waals surface area contributed by atoms with E-state index in [1.165, 1.54) is 12.1 Å². The van der Waals surface area contributed by atoms with Gasteiger partial charge in [0.15, 0.2) is 5.65 Å². The standard InChI is InChI=1S/C18H14FN3OS/c1-23-11-14-17(12-4-6-13(19)7-5-12)18-20-9-8-15(22(18)21-14)16-3-2-10-24-16/h2-10H,11H2,1H3. The first kappa shape index (κ1) is 15.0. The van der Waals surface area contributed by atoms with Gasteiger partial charge in [0.2, 0.25) is 0 Å². The Bertz CT molecular complexity index is 978. The van der Waals surface area contributed by atoms with E-state index >= 15 is 0 Å². The number of ether oxygens (including phenoxy) is 1. The fourth-order valence-corrected chi connectivity index (χ4v) is 3.49. The van der Waals surface area contributed by atoms with Crippen molar-refractivity contribution in [1.82, 2.24) is 14.6 Å². The molecule has 0 saturated heterocycles. The van der Waals surface area contributed by atoms with Crippen molar-refractivity contribution in [2.24, 2.45) is 0 Å². The highest BCUT2D eigenvalue weighted by atomic mass is 32.1. The quantitative estimate of drug-likeness (QED) is 0.553. The molecule has 0 unspecified atom stereocenters. The summed E-state index contributed by atoms with van der Waals surface area (Å²) in [5.74, 6) is -0.268. The first-order valence-electron chi connectivity index (χ1n) is 7.43. The predicted octanol–water partition coefficient (Wildman–Crippen LogP) is 4.41. The second-order valence-corrected chi connectivity index (χ2v) is 6.25. The number of methoxy groups -OCH3 is 1. The Kier molecular flexibility index (Phi) is 3.84. The van der Waals surface area contributed by atoms with Gasteiger partial charge in [0, 0.05) is 13.3 Å². The highest BCUT2D eigenvalue weighted by Crippen LogP contribution is 2.32. The summed E-state index contributed by atoms with van der Waals surface area (Å²) in [5, 5.41) is 6.73. The summed E-state index contributed by atoms with van der Waals surface area (Å²) in [4.78, 5) is 5.62. The molecule has 0 fully saturated rings. The second-order valence-electron chi connectivity index (χ2n) is 5.30. The number of fused-ring (bicyclic) bond motifs is 1. The molecule has 0 amide bonds. The summed E-state index contributed by atoms with van der Waals surface area (Å²) < 4.78 is 20.4. The molecule has 0 aliphatic heterocycles. The number of halogens is 1. The summed E-state index contributed by atoms with van der Waals surface area (Å²) >= 11 is 1.65. The monoisotopic (exact) mass is 339 g/mol. The molecule has 3 heterocycles. The Balaban J connectivity index is 1.99. The van der Waals surface area contributed by atoms with Crippen molar-refractivity contribution in [1.29, 1.82) is 0 Å². The van der Waals surface area contributed by atoms with E-state index in [2.05, 4.69) is 11.1 Å². The molecule has 6 heteroatoms. The zero-order chi connectivity index (χ0) is 16.5. The lowest BCUT2D eigenvalue weighted by atomic mass is 10.1. The summed E-state index contributed by atoms with van der Waals surface area (Å²) in [6.07, 6.45) is 1.77. The lowest BCUT2D eigenvalue weighted by Crippen LogP contribution is -1.95. The molecule has 0 atom stereocenters. The van der Waals surface area contributed by atoms with Crippen molar-refractivity contribution in [3.05, 3.63) is 65.6 Å². The van der Waals surface area contributed by atoms with Crippen LogP contribution >= 0.6 is 11.3 Å². The van der Waals surface area contributed by atoms with Gasteiger partial charge in [-0.05, 0) is 35.2 Å². The number of rotatable bonds is 4. The minimum absolute atomic E-state index is 0.268. The molecule has 0 bridgehead atoms. The Morgan fingerprint density at radius 2 is 2.00 bits per heavy atom. The van der Waals surface area contributed by atoms with Crippen LogP contribution in [0.2, 0.25) is 0 Å². The average Bonchev–Trinajstić information content (AvgIpc) is 3.23. The van der Waals surface area contributed by atoms with Crippen LogP contribution in [0.3, 0.4) is 0 Å². The van der Waals surface area contributed by atoms with Gasteiger partial charge >= 0.3 is 0 Å². The Morgan fingerprint density at radius 3 is 2.71 bits per heavy atom. The molecule has 0 saturated carbocycles. The highest BCUT2D eigenvalue weighted by Gasteiger charge is 2.18. The number of aromatic nitrogens is 3. The van der Waals surface area contributed by atoms with Crippen molar-refractivity contribution in [3.8, 4) is 21.7 Å². The minimum atomic E-state index is -0.268. The second kappa shape index (κ2) is 6.14. The maximum Gasteiger partial charge on any atom is 0.163 e. The maximum atomic E-state index is 13.3. The summed E-state index contributed by atoms with van der Waals surface area (Å²) in [6, 6.07) is 12.4. The zero-order valence-corrected chi connectivity index (χ0v) is 13.8. The van der Waals surface area contributed by atoms with Crippen molar-refractivity contribution in [2.45, 2.75) is 6.61 Å². The molecule has 0 aliphatic rings.